The Balaban J connectivity index is 1.62. The predicted molar refractivity (Wildman–Crippen MR) is 85.9 cm³/mol. The highest BCUT2D eigenvalue weighted by Crippen LogP contribution is 2.31. The molecule has 0 aliphatic carbocycles. The summed E-state index contributed by atoms with van der Waals surface area (Å²) in [5.74, 6) is 0.517. The molecule has 2 aromatic rings. The van der Waals surface area contributed by atoms with Crippen molar-refractivity contribution < 1.29 is 14.9 Å². The Morgan fingerprint density at radius 3 is 2.88 bits per heavy atom. The van der Waals surface area contributed by atoms with E-state index in [-0.39, 0.29) is 6.61 Å². The Kier molecular flexibility index (Phi) is 4.13. The molecule has 2 N–H and O–H groups in total. The van der Waals surface area contributed by atoms with Crippen molar-refractivity contribution >= 4 is 23.3 Å². The molecular formula is C15H20N6O3. The lowest BCUT2D eigenvalue weighted by atomic mass is 10.2. The third kappa shape index (κ3) is 2.74. The quantitative estimate of drug-likeness (QED) is 0.609. The van der Waals surface area contributed by atoms with E-state index in [2.05, 4.69) is 24.8 Å². The van der Waals surface area contributed by atoms with E-state index in [0.717, 1.165) is 13.1 Å². The molecule has 3 atom stereocenters. The molecule has 0 bridgehead atoms. The van der Waals surface area contributed by atoms with Gasteiger partial charge in [-0.1, -0.05) is 0 Å². The first-order valence-electron chi connectivity index (χ1n) is 8.16. The second-order valence-electron chi connectivity index (χ2n) is 6.12. The first-order valence-corrected chi connectivity index (χ1v) is 8.16. The molecule has 0 amide bonds. The lowest BCUT2D eigenvalue weighted by molar-refractivity contribution is -0.0432. The van der Waals surface area contributed by atoms with Gasteiger partial charge in [0.15, 0.2) is 17.0 Å². The lowest BCUT2D eigenvalue weighted by Crippen LogP contribution is -2.24. The van der Waals surface area contributed by atoms with Gasteiger partial charge in [-0.25, -0.2) is 19.9 Å². The van der Waals surface area contributed by atoms with Gasteiger partial charge in [-0.3, -0.25) is 4.57 Å². The highest BCUT2D eigenvalue weighted by Gasteiger charge is 2.35. The van der Waals surface area contributed by atoms with Crippen molar-refractivity contribution in [2.75, 3.05) is 19.7 Å². The number of rotatable bonds is 4. The molecule has 4 heterocycles. The molecule has 2 aromatic heterocycles. The average Bonchev–Trinajstić information content (AvgIpc) is 3.32. The van der Waals surface area contributed by atoms with E-state index in [1.54, 1.807) is 10.9 Å². The summed E-state index contributed by atoms with van der Waals surface area (Å²) in [5, 5.41) is 19.1. The minimum atomic E-state index is -0.702. The Morgan fingerprint density at radius 2 is 2.12 bits per heavy atom. The lowest BCUT2D eigenvalue weighted by Gasteiger charge is -2.13. The number of ether oxygens (including phenoxy) is 1. The van der Waals surface area contributed by atoms with Crippen molar-refractivity contribution in [3.05, 3.63) is 12.7 Å². The molecule has 2 aliphatic heterocycles. The largest absolute Gasteiger partial charge is 0.394 e. The zero-order valence-electron chi connectivity index (χ0n) is 13.2. The molecule has 24 heavy (non-hydrogen) atoms. The van der Waals surface area contributed by atoms with Gasteiger partial charge in [0, 0.05) is 19.5 Å². The summed E-state index contributed by atoms with van der Waals surface area (Å²) in [4.78, 5) is 19.5. The van der Waals surface area contributed by atoms with Crippen LogP contribution in [-0.4, -0.2) is 72.9 Å². The van der Waals surface area contributed by atoms with Gasteiger partial charge in [0.05, 0.1) is 25.4 Å². The fraction of sp³-hybridized carbons (Fsp3) is 0.600. The fourth-order valence-corrected chi connectivity index (χ4v) is 3.19. The molecule has 9 nitrogen and oxygen atoms in total. The molecule has 2 saturated heterocycles. The number of likely N-dealkylation sites (tertiary alicyclic amines) is 1. The molecule has 0 radical (unpaired) electrons. The molecule has 0 spiro atoms. The minimum Gasteiger partial charge on any atom is -0.394 e. The van der Waals surface area contributed by atoms with E-state index in [9.17, 15) is 10.2 Å². The molecule has 128 valence electrons. The Labute approximate surface area is 138 Å². The van der Waals surface area contributed by atoms with Crippen LogP contribution in [0.5, 0.6) is 0 Å². The van der Waals surface area contributed by atoms with E-state index >= 15 is 0 Å². The number of nitrogens with zero attached hydrogens (tertiary/aromatic N) is 6. The summed E-state index contributed by atoms with van der Waals surface area (Å²) in [7, 11) is 0. The predicted octanol–water partition coefficient (Wildman–Crippen LogP) is 0.223. The van der Waals surface area contributed by atoms with Crippen LogP contribution in [0.15, 0.2) is 17.6 Å². The SMILES string of the molecule is OC[C@H]1O[C@@H](n2cnc3c(N=CN4CCCC4)ncnc32)C[C@@H]1O. The van der Waals surface area contributed by atoms with Gasteiger partial charge in [-0.05, 0) is 12.8 Å². The smallest absolute Gasteiger partial charge is 0.184 e. The average molecular weight is 332 g/mol. The number of aliphatic hydroxyl groups is 2. The van der Waals surface area contributed by atoms with Gasteiger partial charge in [0.2, 0.25) is 0 Å². The van der Waals surface area contributed by atoms with Crippen molar-refractivity contribution in [3.63, 3.8) is 0 Å². The monoisotopic (exact) mass is 332 g/mol. The maximum atomic E-state index is 9.91. The summed E-state index contributed by atoms with van der Waals surface area (Å²) >= 11 is 0. The number of hydrogen-bond acceptors (Lipinski definition) is 7. The van der Waals surface area contributed by atoms with Gasteiger partial charge in [0.1, 0.15) is 18.7 Å². The maximum Gasteiger partial charge on any atom is 0.184 e. The number of aromatic nitrogens is 4. The zero-order valence-corrected chi connectivity index (χ0v) is 13.2. The Bertz CT molecular complexity index is 742. The molecule has 0 unspecified atom stereocenters. The molecule has 0 saturated carbocycles. The number of imidazole rings is 1. The Hall–Kier alpha value is -2.10. The zero-order chi connectivity index (χ0) is 16.5. The maximum absolute atomic E-state index is 9.91. The second-order valence-corrected chi connectivity index (χ2v) is 6.12. The summed E-state index contributed by atoms with van der Waals surface area (Å²) in [6.45, 7) is 1.82. The van der Waals surface area contributed by atoms with E-state index < -0.39 is 18.4 Å². The second kappa shape index (κ2) is 6.42. The van der Waals surface area contributed by atoms with Gasteiger partial charge in [-0.2, -0.15) is 0 Å². The van der Waals surface area contributed by atoms with E-state index in [1.165, 1.54) is 19.2 Å². The van der Waals surface area contributed by atoms with Gasteiger partial charge in [-0.15, -0.1) is 0 Å². The molecule has 9 heteroatoms. The number of aliphatic hydroxyl groups excluding tert-OH is 2. The summed E-state index contributed by atoms with van der Waals surface area (Å²) < 4.78 is 7.43. The first-order chi connectivity index (χ1) is 11.8. The molecule has 2 aliphatic rings. The van der Waals surface area contributed by atoms with Crippen LogP contribution < -0.4 is 0 Å². The van der Waals surface area contributed by atoms with Crippen molar-refractivity contribution in [1.29, 1.82) is 0 Å². The van der Waals surface area contributed by atoms with Crippen molar-refractivity contribution in [2.24, 2.45) is 4.99 Å². The van der Waals surface area contributed by atoms with Crippen LogP contribution in [0.25, 0.3) is 11.2 Å². The fourth-order valence-electron chi connectivity index (χ4n) is 3.19. The molecule has 0 aromatic carbocycles. The number of aliphatic imine (C=N–C) groups is 1. The highest BCUT2D eigenvalue weighted by molar-refractivity contribution is 5.83. The van der Waals surface area contributed by atoms with Crippen LogP contribution >= 0.6 is 0 Å². The highest BCUT2D eigenvalue weighted by atomic mass is 16.5. The van der Waals surface area contributed by atoms with Crippen LogP contribution in [0.1, 0.15) is 25.5 Å². The summed E-state index contributed by atoms with van der Waals surface area (Å²) in [6.07, 6.45) is 5.94. The standard InChI is InChI=1S/C15H20N6O3/c22-6-11-10(23)5-12(24-11)21-9-18-13-14(16-7-17-15(13)21)19-8-20-3-1-2-4-20/h7-12,22-23H,1-6H2/t10-,11+,12+/m0/s1. The van der Waals surface area contributed by atoms with Crippen molar-refractivity contribution in [1.82, 2.24) is 24.4 Å². The van der Waals surface area contributed by atoms with E-state index in [4.69, 9.17) is 4.74 Å². The van der Waals surface area contributed by atoms with Crippen LogP contribution in [0.2, 0.25) is 0 Å². The van der Waals surface area contributed by atoms with E-state index in [0.29, 0.717) is 23.4 Å². The molecular weight excluding hydrogens is 312 g/mol. The van der Waals surface area contributed by atoms with Crippen LogP contribution in [-0.2, 0) is 4.74 Å². The number of hydrogen-bond donors (Lipinski definition) is 2. The summed E-state index contributed by atoms with van der Waals surface area (Å²) in [6, 6.07) is 0. The first kappa shape index (κ1) is 15.4. The topological polar surface area (TPSA) is 109 Å². The third-order valence-corrected chi connectivity index (χ3v) is 4.52. The normalized spacial score (nSPS) is 27.8. The van der Waals surface area contributed by atoms with Gasteiger partial charge >= 0.3 is 0 Å². The van der Waals surface area contributed by atoms with Gasteiger partial charge in [0.25, 0.3) is 0 Å². The third-order valence-electron chi connectivity index (χ3n) is 4.52. The van der Waals surface area contributed by atoms with E-state index in [1.807, 2.05) is 6.34 Å². The van der Waals surface area contributed by atoms with Crippen LogP contribution in [0, 0.1) is 0 Å². The van der Waals surface area contributed by atoms with Gasteiger partial charge < -0.3 is 19.8 Å². The Morgan fingerprint density at radius 1 is 1.29 bits per heavy atom. The molecule has 2 fully saturated rings. The minimum absolute atomic E-state index is 0.218. The van der Waals surface area contributed by atoms with Crippen molar-refractivity contribution in [2.45, 2.75) is 37.7 Å². The van der Waals surface area contributed by atoms with Crippen LogP contribution in [0.3, 0.4) is 0 Å². The molecule has 4 rings (SSSR count). The van der Waals surface area contributed by atoms with Crippen LogP contribution in [0.4, 0.5) is 5.82 Å². The number of fused-ring (bicyclic) bond motifs is 1. The van der Waals surface area contributed by atoms with Crippen molar-refractivity contribution in [3.8, 4) is 0 Å². The summed E-state index contributed by atoms with van der Waals surface area (Å²) in [5.41, 5.74) is 1.20.